The van der Waals surface area contributed by atoms with Crippen LogP contribution in [0.2, 0.25) is 0 Å². The van der Waals surface area contributed by atoms with Crippen molar-refractivity contribution in [2.24, 2.45) is 0 Å². The van der Waals surface area contributed by atoms with E-state index in [4.69, 9.17) is 0 Å². The Morgan fingerprint density at radius 2 is 0.788 bits per heavy atom. The molecule has 0 aliphatic rings. The molecule has 2 heteroatoms. The SMILES string of the molecule is c1ccc(-c2ccccc2-c2c(-c3ccccc3)cccc2N(c2ccc(-c3cccc(-n4c5ccccc5c5ccccc54)c3)cc2)c2cccc(-c3cccc4ccccc34)c2)cc1. The molecule has 310 valence electrons. The van der Waals surface area contributed by atoms with Gasteiger partial charge in [-0.1, -0.05) is 212 Å². The summed E-state index contributed by atoms with van der Waals surface area (Å²) >= 11 is 0. The number of aromatic nitrogens is 1. The Hall–Kier alpha value is -8.72. The van der Waals surface area contributed by atoms with Gasteiger partial charge in [0, 0.05) is 33.4 Å². The average Bonchev–Trinajstić information content (AvgIpc) is 3.74. The molecule has 0 unspecified atom stereocenters. The molecule has 0 fully saturated rings. The van der Waals surface area contributed by atoms with E-state index in [0.29, 0.717) is 0 Å². The molecule has 0 atom stereocenters. The lowest BCUT2D eigenvalue weighted by molar-refractivity contribution is 1.18. The standard InChI is InChI=1S/C64H44N2/c1-3-19-46(20-4-1)55-30-9-10-33-60(55)64-57(48-21-5-2-6-22-48)35-18-38-63(64)65(52-27-16-26-50(44-52)56-34-17-24-47-23-7-8-29-54(47)56)51-41-39-45(40-42-51)49-25-15-28-53(43-49)66-61-36-13-11-31-58(61)59-32-12-14-37-62(59)66/h1-44H. The van der Waals surface area contributed by atoms with E-state index >= 15 is 0 Å². The number of hydrogen-bond donors (Lipinski definition) is 0. The number of para-hydroxylation sites is 2. The normalized spacial score (nSPS) is 11.3. The smallest absolute Gasteiger partial charge is 0.0546 e. The van der Waals surface area contributed by atoms with Crippen LogP contribution in [0.1, 0.15) is 0 Å². The Morgan fingerprint density at radius 3 is 1.53 bits per heavy atom. The van der Waals surface area contributed by atoms with Gasteiger partial charge < -0.3 is 9.47 Å². The van der Waals surface area contributed by atoms with Crippen LogP contribution in [0.3, 0.4) is 0 Å². The van der Waals surface area contributed by atoms with Crippen molar-refractivity contribution >= 4 is 49.6 Å². The number of nitrogens with zero attached hydrogens (tertiary/aromatic N) is 2. The fourth-order valence-corrected chi connectivity index (χ4v) is 9.98. The monoisotopic (exact) mass is 840 g/mol. The molecule has 0 radical (unpaired) electrons. The van der Waals surface area contributed by atoms with E-state index in [1.165, 1.54) is 77.1 Å². The zero-order chi connectivity index (χ0) is 43.8. The molecule has 12 aromatic rings. The molecule has 0 amide bonds. The molecule has 1 heterocycles. The van der Waals surface area contributed by atoms with Gasteiger partial charge in [-0.3, -0.25) is 0 Å². The van der Waals surface area contributed by atoms with E-state index in [2.05, 4.69) is 276 Å². The van der Waals surface area contributed by atoms with Gasteiger partial charge in [0.05, 0.1) is 16.7 Å². The Bertz CT molecular complexity index is 3640. The van der Waals surface area contributed by atoms with Crippen LogP contribution in [0.25, 0.3) is 93.9 Å². The van der Waals surface area contributed by atoms with Crippen LogP contribution in [0.15, 0.2) is 267 Å². The zero-order valence-electron chi connectivity index (χ0n) is 36.3. The quantitative estimate of drug-likeness (QED) is 0.141. The summed E-state index contributed by atoms with van der Waals surface area (Å²) in [5, 5.41) is 4.98. The van der Waals surface area contributed by atoms with Gasteiger partial charge in [-0.05, 0) is 115 Å². The van der Waals surface area contributed by atoms with Crippen LogP contribution in [0.4, 0.5) is 17.1 Å². The van der Waals surface area contributed by atoms with Gasteiger partial charge >= 0.3 is 0 Å². The van der Waals surface area contributed by atoms with Crippen LogP contribution in [0, 0.1) is 0 Å². The summed E-state index contributed by atoms with van der Waals surface area (Å²) in [6.07, 6.45) is 0. The molecular weight excluding hydrogens is 797 g/mol. The fraction of sp³-hybridized carbons (Fsp3) is 0. The summed E-state index contributed by atoms with van der Waals surface area (Å²) in [6.45, 7) is 0. The van der Waals surface area contributed by atoms with Crippen LogP contribution in [-0.2, 0) is 0 Å². The second-order valence-corrected chi connectivity index (χ2v) is 16.9. The Labute approximate surface area is 385 Å². The van der Waals surface area contributed by atoms with Crippen molar-refractivity contribution in [2.75, 3.05) is 4.90 Å². The van der Waals surface area contributed by atoms with E-state index in [-0.39, 0.29) is 0 Å². The summed E-state index contributed by atoms with van der Waals surface area (Å²) < 4.78 is 2.39. The lowest BCUT2D eigenvalue weighted by Crippen LogP contribution is -2.12. The minimum Gasteiger partial charge on any atom is -0.310 e. The summed E-state index contributed by atoms with van der Waals surface area (Å²) in [5.41, 5.74) is 18.5. The van der Waals surface area contributed by atoms with E-state index in [1.807, 2.05) is 0 Å². The third-order valence-corrected chi connectivity index (χ3v) is 13.0. The Morgan fingerprint density at radius 1 is 0.273 bits per heavy atom. The molecule has 11 aromatic carbocycles. The topological polar surface area (TPSA) is 8.17 Å². The molecule has 1 aromatic heterocycles. The van der Waals surface area contributed by atoms with E-state index in [1.54, 1.807) is 0 Å². The summed E-state index contributed by atoms with van der Waals surface area (Å²) in [4.78, 5) is 2.45. The van der Waals surface area contributed by atoms with Crippen molar-refractivity contribution in [3.05, 3.63) is 267 Å². The maximum Gasteiger partial charge on any atom is 0.0546 e. The first-order valence-corrected chi connectivity index (χ1v) is 22.7. The highest BCUT2D eigenvalue weighted by molar-refractivity contribution is 6.09. The van der Waals surface area contributed by atoms with Gasteiger partial charge in [0.1, 0.15) is 0 Å². The van der Waals surface area contributed by atoms with Gasteiger partial charge in [0.25, 0.3) is 0 Å². The van der Waals surface area contributed by atoms with Crippen LogP contribution in [0.5, 0.6) is 0 Å². The minimum atomic E-state index is 1.07. The summed E-state index contributed by atoms with van der Waals surface area (Å²) in [6, 6.07) is 97.0. The number of anilines is 3. The van der Waals surface area contributed by atoms with Crippen molar-refractivity contribution in [1.82, 2.24) is 4.57 Å². The van der Waals surface area contributed by atoms with Gasteiger partial charge in [-0.25, -0.2) is 0 Å². The highest BCUT2D eigenvalue weighted by Crippen LogP contribution is 2.49. The molecule has 0 aliphatic carbocycles. The van der Waals surface area contributed by atoms with Crippen molar-refractivity contribution in [3.63, 3.8) is 0 Å². The maximum absolute atomic E-state index is 2.45. The Kier molecular flexibility index (Phi) is 9.89. The third-order valence-electron chi connectivity index (χ3n) is 13.0. The Balaban J connectivity index is 1.05. The lowest BCUT2D eigenvalue weighted by Gasteiger charge is -2.30. The van der Waals surface area contributed by atoms with E-state index < -0.39 is 0 Å². The first kappa shape index (κ1) is 38.9. The molecule has 0 saturated carbocycles. The van der Waals surface area contributed by atoms with Crippen molar-refractivity contribution in [2.45, 2.75) is 0 Å². The van der Waals surface area contributed by atoms with Gasteiger partial charge in [-0.2, -0.15) is 0 Å². The predicted octanol–water partition coefficient (Wildman–Crippen LogP) is 17.7. The van der Waals surface area contributed by atoms with E-state index in [9.17, 15) is 0 Å². The predicted molar refractivity (Wildman–Crippen MR) is 280 cm³/mol. The van der Waals surface area contributed by atoms with Crippen LogP contribution < -0.4 is 4.90 Å². The maximum atomic E-state index is 2.45. The van der Waals surface area contributed by atoms with Gasteiger partial charge in [0.2, 0.25) is 0 Å². The number of hydrogen-bond acceptors (Lipinski definition) is 1. The highest BCUT2D eigenvalue weighted by atomic mass is 15.1. The molecule has 0 saturated heterocycles. The molecular formula is C64H44N2. The van der Waals surface area contributed by atoms with Crippen LogP contribution in [-0.4, -0.2) is 4.57 Å². The number of benzene rings is 11. The lowest BCUT2D eigenvalue weighted by atomic mass is 9.87. The van der Waals surface area contributed by atoms with E-state index in [0.717, 1.165) is 33.9 Å². The van der Waals surface area contributed by atoms with Gasteiger partial charge in [-0.15, -0.1) is 0 Å². The third kappa shape index (κ3) is 6.93. The van der Waals surface area contributed by atoms with Crippen molar-refractivity contribution in [3.8, 4) is 61.3 Å². The van der Waals surface area contributed by atoms with Crippen molar-refractivity contribution < 1.29 is 0 Å². The summed E-state index contributed by atoms with van der Waals surface area (Å²) in [5.74, 6) is 0. The molecule has 2 nitrogen and oxygen atoms in total. The second kappa shape index (κ2) is 16.8. The van der Waals surface area contributed by atoms with Gasteiger partial charge in [0.15, 0.2) is 0 Å². The first-order valence-electron chi connectivity index (χ1n) is 22.7. The zero-order valence-corrected chi connectivity index (χ0v) is 36.3. The largest absolute Gasteiger partial charge is 0.310 e. The highest BCUT2D eigenvalue weighted by Gasteiger charge is 2.23. The van der Waals surface area contributed by atoms with Crippen LogP contribution >= 0.6 is 0 Å². The summed E-state index contributed by atoms with van der Waals surface area (Å²) in [7, 11) is 0. The number of rotatable bonds is 9. The molecule has 0 spiro atoms. The first-order chi connectivity index (χ1) is 32.8. The second-order valence-electron chi connectivity index (χ2n) is 16.9. The average molecular weight is 841 g/mol. The van der Waals surface area contributed by atoms with Crippen molar-refractivity contribution in [1.29, 1.82) is 0 Å². The molecule has 0 N–H and O–H groups in total. The minimum absolute atomic E-state index is 1.07. The molecule has 0 aliphatic heterocycles. The molecule has 12 rings (SSSR count). The number of fused-ring (bicyclic) bond motifs is 4. The fourth-order valence-electron chi connectivity index (χ4n) is 9.98. The molecule has 66 heavy (non-hydrogen) atoms. The molecule has 0 bridgehead atoms.